The van der Waals surface area contributed by atoms with E-state index in [1.54, 1.807) is 10.7 Å². The smallest absolute Gasteiger partial charge is 0.253 e. The molecule has 0 aliphatic heterocycles. The molecule has 88 valence electrons. The van der Waals surface area contributed by atoms with Crippen molar-refractivity contribution in [3.63, 3.8) is 0 Å². The van der Waals surface area contributed by atoms with Crippen LogP contribution < -0.4 is 5.73 Å². The molecule has 7 heteroatoms. The number of hydrogen-bond acceptors (Lipinski definition) is 5. The number of thiocarbonyl (C=S) groups is 1. The largest absolute Gasteiger partial charge is 0.388 e. The fourth-order valence-electron chi connectivity index (χ4n) is 1.48. The van der Waals surface area contributed by atoms with Gasteiger partial charge < -0.3 is 5.73 Å². The van der Waals surface area contributed by atoms with Crippen molar-refractivity contribution in [3.05, 3.63) is 29.1 Å². The summed E-state index contributed by atoms with van der Waals surface area (Å²) in [5.41, 5.74) is 6.89. The summed E-state index contributed by atoms with van der Waals surface area (Å²) in [6.07, 6.45) is 0. The van der Waals surface area contributed by atoms with Crippen molar-refractivity contribution in [2.45, 2.75) is 20.8 Å². The zero-order valence-electron chi connectivity index (χ0n) is 9.80. The lowest BCUT2D eigenvalue weighted by Gasteiger charge is -2.05. The minimum absolute atomic E-state index is 0.242. The van der Waals surface area contributed by atoms with Gasteiger partial charge in [-0.2, -0.15) is 4.68 Å². The van der Waals surface area contributed by atoms with Gasteiger partial charge in [0.2, 0.25) is 0 Å². The van der Waals surface area contributed by atoms with Crippen LogP contribution in [0.2, 0.25) is 0 Å². The third-order valence-electron chi connectivity index (χ3n) is 2.16. The average Bonchev–Trinajstić information content (AvgIpc) is 2.57. The van der Waals surface area contributed by atoms with Gasteiger partial charge in [0.25, 0.3) is 5.95 Å². The lowest BCUT2D eigenvalue weighted by Crippen LogP contribution is -2.15. The molecule has 0 aliphatic rings. The third kappa shape index (κ3) is 2.28. The maximum Gasteiger partial charge on any atom is 0.253 e. The number of aromatic nitrogens is 5. The number of rotatable bonds is 2. The van der Waals surface area contributed by atoms with Crippen molar-refractivity contribution >= 4 is 17.2 Å². The molecule has 0 aliphatic carbocycles. The van der Waals surface area contributed by atoms with Crippen molar-refractivity contribution in [1.29, 1.82) is 0 Å². The molecule has 0 saturated carbocycles. The Bertz CT molecular complexity index is 588. The predicted octanol–water partition coefficient (Wildman–Crippen LogP) is 0.617. The lowest BCUT2D eigenvalue weighted by atomic mass is 10.3. The second kappa shape index (κ2) is 4.17. The highest BCUT2D eigenvalue weighted by molar-refractivity contribution is 7.80. The molecule has 0 bridgehead atoms. The zero-order chi connectivity index (χ0) is 12.6. The van der Waals surface area contributed by atoms with E-state index in [1.807, 2.05) is 20.8 Å². The molecule has 17 heavy (non-hydrogen) atoms. The summed E-state index contributed by atoms with van der Waals surface area (Å²) in [6, 6.07) is 1.74. The van der Waals surface area contributed by atoms with Crippen molar-refractivity contribution < 1.29 is 0 Å². The van der Waals surface area contributed by atoms with Crippen molar-refractivity contribution in [2.75, 3.05) is 0 Å². The van der Waals surface area contributed by atoms with Crippen LogP contribution in [0.1, 0.15) is 23.0 Å². The first kappa shape index (κ1) is 11.6. The second-order valence-corrected chi connectivity index (χ2v) is 4.12. The van der Waals surface area contributed by atoms with Crippen molar-refractivity contribution in [1.82, 2.24) is 24.7 Å². The number of hydrogen-bond donors (Lipinski definition) is 1. The number of nitrogens with zero attached hydrogens (tertiary/aromatic N) is 5. The molecule has 2 rings (SSSR count). The van der Waals surface area contributed by atoms with E-state index < -0.39 is 0 Å². The van der Waals surface area contributed by atoms with Crippen LogP contribution in [0, 0.1) is 20.8 Å². The van der Waals surface area contributed by atoms with Gasteiger partial charge in [-0.25, -0.2) is 15.0 Å². The molecule has 0 atom stereocenters. The molecular formula is C10H12N6S. The van der Waals surface area contributed by atoms with Crippen LogP contribution in [0.25, 0.3) is 5.95 Å². The molecule has 0 amide bonds. The Hall–Kier alpha value is -1.89. The molecule has 2 aromatic rings. The van der Waals surface area contributed by atoms with Crippen LogP contribution in [-0.2, 0) is 0 Å². The fraction of sp³-hybridized carbons (Fsp3) is 0.300. The highest BCUT2D eigenvalue weighted by atomic mass is 32.1. The topological polar surface area (TPSA) is 82.5 Å². The third-order valence-corrected chi connectivity index (χ3v) is 2.37. The Labute approximate surface area is 104 Å². The molecule has 2 N–H and O–H groups in total. The molecule has 0 fully saturated rings. The van der Waals surface area contributed by atoms with Crippen molar-refractivity contribution in [3.8, 4) is 5.95 Å². The number of nitrogens with two attached hydrogens (primary N) is 1. The van der Waals surface area contributed by atoms with Gasteiger partial charge in [0.05, 0.1) is 0 Å². The highest BCUT2D eigenvalue weighted by Gasteiger charge is 2.10. The Morgan fingerprint density at radius 3 is 2.47 bits per heavy atom. The van der Waals surface area contributed by atoms with Crippen LogP contribution in [0.15, 0.2) is 6.07 Å². The average molecular weight is 248 g/mol. The van der Waals surface area contributed by atoms with E-state index >= 15 is 0 Å². The van der Waals surface area contributed by atoms with Gasteiger partial charge in [-0.3, -0.25) is 0 Å². The van der Waals surface area contributed by atoms with Crippen LogP contribution in [0.5, 0.6) is 0 Å². The Kier molecular flexibility index (Phi) is 2.84. The van der Waals surface area contributed by atoms with Crippen molar-refractivity contribution in [2.24, 2.45) is 5.73 Å². The van der Waals surface area contributed by atoms with E-state index in [2.05, 4.69) is 20.1 Å². The second-order valence-electron chi connectivity index (χ2n) is 3.68. The Morgan fingerprint density at radius 1 is 1.24 bits per heavy atom. The SMILES string of the molecule is Cc1cc(C(N)=S)nc(-n2nc(C)nc2C)n1. The van der Waals surface area contributed by atoms with Crippen LogP contribution >= 0.6 is 12.2 Å². The molecule has 0 saturated heterocycles. The van der Waals surface area contributed by atoms with E-state index in [0.29, 0.717) is 17.5 Å². The van der Waals surface area contributed by atoms with Gasteiger partial charge in [-0.1, -0.05) is 12.2 Å². The van der Waals surface area contributed by atoms with Gasteiger partial charge in [0.1, 0.15) is 22.3 Å². The maximum atomic E-state index is 5.57. The van der Waals surface area contributed by atoms with Gasteiger partial charge >= 0.3 is 0 Å². The fourth-order valence-corrected chi connectivity index (χ4v) is 1.59. The molecule has 0 unspecified atom stereocenters. The minimum Gasteiger partial charge on any atom is -0.388 e. The molecule has 0 radical (unpaired) electrons. The summed E-state index contributed by atoms with van der Waals surface area (Å²) >= 11 is 4.91. The molecule has 2 aromatic heterocycles. The molecular weight excluding hydrogens is 236 g/mol. The first-order valence-electron chi connectivity index (χ1n) is 5.03. The van der Waals surface area contributed by atoms with Gasteiger partial charge in [0, 0.05) is 5.69 Å². The summed E-state index contributed by atoms with van der Waals surface area (Å²) in [6.45, 7) is 5.51. The Morgan fingerprint density at radius 2 is 1.94 bits per heavy atom. The van der Waals surface area contributed by atoms with Crippen LogP contribution in [0.4, 0.5) is 0 Å². The summed E-state index contributed by atoms with van der Waals surface area (Å²) in [4.78, 5) is 13.0. The first-order chi connectivity index (χ1) is 7.97. The van der Waals surface area contributed by atoms with E-state index in [-0.39, 0.29) is 4.99 Å². The molecule has 0 aromatic carbocycles. The standard InChI is InChI=1S/C10H12N6S/c1-5-4-8(9(11)17)14-10(12-5)16-7(3)13-6(2)15-16/h4H,1-3H3,(H2,11,17). The van der Waals surface area contributed by atoms with E-state index in [1.165, 1.54) is 0 Å². The maximum absolute atomic E-state index is 5.57. The normalized spacial score (nSPS) is 10.5. The number of aryl methyl sites for hydroxylation is 3. The first-order valence-corrected chi connectivity index (χ1v) is 5.44. The van der Waals surface area contributed by atoms with E-state index in [9.17, 15) is 0 Å². The van der Waals surface area contributed by atoms with Gasteiger partial charge in [0.15, 0.2) is 0 Å². The predicted molar refractivity (Wildman–Crippen MR) is 67.0 cm³/mol. The Balaban J connectivity index is 2.59. The molecule has 2 heterocycles. The van der Waals surface area contributed by atoms with E-state index in [4.69, 9.17) is 18.0 Å². The van der Waals surface area contributed by atoms with E-state index in [0.717, 1.165) is 11.5 Å². The summed E-state index contributed by atoms with van der Waals surface area (Å²) in [7, 11) is 0. The van der Waals surface area contributed by atoms with Gasteiger partial charge in [-0.15, -0.1) is 5.10 Å². The molecule has 0 spiro atoms. The zero-order valence-corrected chi connectivity index (χ0v) is 10.6. The quantitative estimate of drug-likeness (QED) is 0.784. The van der Waals surface area contributed by atoms with Crippen LogP contribution in [0.3, 0.4) is 0 Å². The van der Waals surface area contributed by atoms with Gasteiger partial charge in [-0.05, 0) is 26.8 Å². The summed E-state index contributed by atoms with van der Waals surface area (Å²) in [5, 5.41) is 4.22. The summed E-state index contributed by atoms with van der Waals surface area (Å²) < 4.78 is 1.57. The monoisotopic (exact) mass is 248 g/mol. The highest BCUT2D eigenvalue weighted by Crippen LogP contribution is 2.07. The van der Waals surface area contributed by atoms with Crippen LogP contribution in [-0.4, -0.2) is 29.7 Å². The minimum atomic E-state index is 0.242. The molecule has 6 nitrogen and oxygen atoms in total. The summed E-state index contributed by atoms with van der Waals surface area (Å²) in [5.74, 6) is 1.83. The lowest BCUT2D eigenvalue weighted by molar-refractivity contribution is 0.764.